The van der Waals surface area contributed by atoms with E-state index in [-0.39, 0.29) is 12.5 Å². The Morgan fingerprint density at radius 3 is 2.87 bits per heavy atom. The maximum atomic E-state index is 12.8. The summed E-state index contributed by atoms with van der Waals surface area (Å²) in [7, 11) is 0. The van der Waals surface area contributed by atoms with Gasteiger partial charge in [-0.2, -0.15) is 0 Å². The average Bonchev–Trinajstić information content (AvgIpc) is 3.24. The summed E-state index contributed by atoms with van der Waals surface area (Å²) in [6.07, 6.45) is 2.07. The summed E-state index contributed by atoms with van der Waals surface area (Å²) in [5, 5.41) is 5.58. The lowest BCUT2D eigenvalue weighted by Gasteiger charge is -2.30. The number of ether oxygens (including phenoxy) is 1. The lowest BCUT2D eigenvalue weighted by Crippen LogP contribution is -2.38. The van der Waals surface area contributed by atoms with Gasteiger partial charge in [0.2, 0.25) is 0 Å². The van der Waals surface area contributed by atoms with Crippen LogP contribution in [0.15, 0.2) is 66.0 Å². The zero-order chi connectivity index (χ0) is 20.5. The van der Waals surface area contributed by atoms with E-state index >= 15 is 0 Å². The van der Waals surface area contributed by atoms with Gasteiger partial charge in [-0.3, -0.25) is 4.79 Å². The molecule has 1 amide bonds. The smallest absolute Gasteiger partial charge is 0.265 e. The molecule has 4 aromatic rings. The van der Waals surface area contributed by atoms with Crippen molar-refractivity contribution < 1.29 is 9.53 Å². The molecule has 150 valence electrons. The quantitative estimate of drug-likeness (QED) is 0.412. The molecule has 0 fully saturated rings. The highest BCUT2D eigenvalue weighted by Gasteiger charge is 2.26. The number of hydrogen-bond acceptors (Lipinski definition) is 4. The Hall–Kier alpha value is -3.18. The first-order chi connectivity index (χ1) is 14.7. The first-order valence-corrected chi connectivity index (χ1v) is 11.1. The van der Waals surface area contributed by atoms with E-state index in [2.05, 4.69) is 36.6 Å². The minimum Gasteiger partial charge on any atom is -0.482 e. The maximum absolute atomic E-state index is 12.8. The fourth-order valence-corrected chi connectivity index (χ4v) is 4.82. The predicted octanol–water partition coefficient (Wildman–Crippen LogP) is 5.84. The van der Waals surface area contributed by atoms with Gasteiger partial charge in [0.05, 0.1) is 22.9 Å². The van der Waals surface area contributed by atoms with Gasteiger partial charge >= 0.3 is 0 Å². The fraction of sp³-hybridized carbons (Fsp3) is 0.200. The minimum absolute atomic E-state index is 0.0301. The van der Waals surface area contributed by atoms with Crippen LogP contribution in [0.25, 0.3) is 22.0 Å². The van der Waals surface area contributed by atoms with E-state index in [1.807, 2.05) is 41.3 Å². The molecule has 0 radical (unpaired) electrons. The van der Waals surface area contributed by atoms with Gasteiger partial charge in [-0.15, -0.1) is 11.3 Å². The number of hydrogen-bond donors (Lipinski definition) is 0. The van der Waals surface area contributed by atoms with Gasteiger partial charge in [-0.1, -0.05) is 49.4 Å². The molecule has 30 heavy (non-hydrogen) atoms. The van der Waals surface area contributed by atoms with E-state index in [9.17, 15) is 4.79 Å². The highest BCUT2D eigenvalue weighted by atomic mass is 32.1. The second kappa shape index (κ2) is 7.92. The number of anilines is 1. The molecule has 5 rings (SSSR count). The van der Waals surface area contributed by atoms with Gasteiger partial charge in [0.1, 0.15) is 5.75 Å². The van der Waals surface area contributed by atoms with Crippen LogP contribution in [0, 0.1) is 0 Å². The van der Waals surface area contributed by atoms with Crippen LogP contribution in [0.3, 0.4) is 0 Å². The summed E-state index contributed by atoms with van der Waals surface area (Å²) in [6, 6.07) is 20.5. The second-order valence-corrected chi connectivity index (χ2v) is 8.41. The first-order valence-electron chi connectivity index (χ1n) is 10.2. The fourth-order valence-electron chi connectivity index (χ4n) is 3.91. The van der Waals surface area contributed by atoms with Crippen LogP contribution in [0.2, 0.25) is 0 Å². The molecule has 1 aliphatic heterocycles. The minimum atomic E-state index is -0.0301. The van der Waals surface area contributed by atoms with E-state index in [4.69, 9.17) is 9.72 Å². The summed E-state index contributed by atoms with van der Waals surface area (Å²) in [5.74, 6) is 0.708. The number of nitrogens with zero attached hydrogens (tertiary/aromatic N) is 2. The van der Waals surface area contributed by atoms with Gasteiger partial charge in [0, 0.05) is 10.9 Å². The molecule has 2 heterocycles. The molecule has 4 nitrogen and oxygen atoms in total. The molecule has 0 N–H and O–H groups in total. The molecule has 0 spiro atoms. The Balaban J connectivity index is 1.53. The van der Waals surface area contributed by atoms with Crippen LogP contribution < -0.4 is 9.64 Å². The molecule has 0 saturated heterocycles. The highest BCUT2D eigenvalue weighted by Crippen LogP contribution is 2.37. The Labute approximate surface area is 179 Å². The Morgan fingerprint density at radius 1 is 1.10 bits per heavy atom. The highest BCUT2D eigenvalue weighted by molar-refractivity contribution is 7.09. The average molecular weight is 415 g/mol. The summed E-state index contributed by atoms with van der Waals surface area (Å²) < 4.78 is 5.72. The monoisotopic (exact) mass is 414 g/mol. The van der Waals surface area contributed by atoms with Crippen LogP contribution in [0.1, 0.15) is 23.9 Å². The molecule has 3 aromatic carbocycles. The van der Waals surface area contributed by atoms with Crippen molar-refractivity contribution in [3.63, 3.8) is 0 Å². The summed E-state index contributed by atoms with van der Waals surface area (Å²) in [4.78, 5) is 19.4. The third kappa shape index (κ3) is 3.46. The zero-order valence-electron chi connectivity index (χ0n) is 16.8. The number of thiazole rings is 1. The predicted molar refractivity (Wildman–Crippen MR) is 122 cm³/mol. The SMILES string of the molecule is CCCc1nc(-c2ccc3c(c2)N(Cc2cccc4ccccc24)C(=O)CO3)cs1. The molecule has 0 saturated carbocycles. The third-order valence-corrected chi connectivity index (χ3v) is 6.33. The molecule has 0 bridgehead atoms. The number of amides is 1. The summed E-state index contributed by atoms with van der Waals surface area (Å²) in [5.41, 5.74) is 3.89. The maximum Gasteiger partial charge on any atom is 0.265 e. The molecule has 1 aromatic heterocycles. The van der Waals surface area contributed by atoms with Gasteiger partial charge in [-0.05, 0) is 47.4 Å². The van der Waals surface area contributed by atoms with Gasteiger partial charge in [0.25, 0.3) is 5.91 Å². The van der Waals surface area contributed by atoms with Crippen LogP contribution in [-0.4, -0.2) is 17.5 Å². The number of aryl methyl sites for hydroxylation is 1. The van der Waals surface area contributed by atoms with Crippen molar-refractivity contribution in [2.24, 2.45) is 0 Å². The van der Waals surface area contributed by atoms with E-state index in [0.717, 1.165) is 46.1 Å². The van der Waals surface area contributed by atoms with Crippen LogP contribution in [-0.2, 0) is 17.8 Å². The molecular formula is C25H22N2O2S. The normalized spacial score (nSPS) is 13.4. The lowest BCUT2D eigenvalue weighted by molar-refractivity contribution is -0.121. The van der Waals surface area contributed by atoms with Crippen molar-refractivity contribution in [1.82, 2.24) is 4.98 Å². The summed E-state index contributed by atoms with van der Waals surface area (Å²) in [6.45, 7) is 2.74. The largest absolute Gasteiger partial charge is 0.482 e. The topological polar surface area (TPSA) is 42.4 Å². The lowest BCUT2D eigenvalue weighted by atomic mass is 10.0. The van der Waals surface area contributed by atoms with Crippen molar-refractivity contribution in [1.29, 1.82) is 0 Å². The first kappa shape index (κ1) is 18.8. The number of aromatic nitrogens is 1. The zero-order valence-corrected chi connectivity index (χ0v) is 17.6. The van der Waals surface area contributed by atoms with E-state index in [0.29, 0.717) is 6.54 Å². The third-order valence-electron chi connectivity index (χ3n) is 5.42. The molecule has 0 atom stereocenters. The number of carbonyl (C=O) groups is 1. The van der Waals surface area contributed by atoms with Gasteiger partial charge in [-0.25, -0.2) is 4.98 Å². The molecule has 0 unspecified atom stereocenters. The number of carbonyl (C=O) groups excluding carboxylic acids is 1. The van der Waals surface area contributed by atoms with Crippen molar-refractivity contribution in [3.8, 4) is 17.0 Å². The van der Waals surface area contributed by atoms with E-state index in [1.165, 1.54) is 10.8 Å². The Bertz CT molecular complexity index is 1230. The van der Waals surface area contributed by atoms with Gasteiger partial charge < -0.3 is 9.64 Å². The standard InChI is InChI=1S/C25H22N2O2S/c1-2-6-24-26-21(16-30-24)18-11-12-23-22(13-18)27(25(28)15-29-23)14-19-9-5-8-17-7-3-4-10-20(17)19/h3-5,7-13,16H,2,6,14-15H2,1H3. The number of rotatable bonds is 5. The molecular weight excluding hydrogens is 392 g/mol. The van der Waals surface area contributed by atoms with Crippen LogP contribution in [0.4, 0.5) is 5.69 Å². The Morgan fingerprint density at radius 2 is 1.97 bits per heavy atom. The van der Waals surface area contributed by atoms with Crippen LogP contribution >= 0.6 is 11.3 Å². The van der Waals surface area contributed by atoms with E-state index in [1.54, 1.807) is 11.3 Å². The van der Waals surface area contributed by atoms with Crippen LogP contribution in [0.5, 0.6) is 5.75 Å². The van der Waals surface area contributed by atoms with Crippen molar-refractivity contribution >= 4 is 33.7 Å². The number of benzene rings is 3. The van der Waals surface area contributed by atoms with Crippen molar-refractivity contribution in [2.45, 2.75) is 26.3 Å². The van der Waals surface area contributed by atoms with Crippen molar-refractivity contribution in [2.75, 3.05) is 11.5 Å². The number of fused-ring (bicyclic) bond motifs is 2. The Kier molecular flexibility index (Phi) is 4.97. The molecule has 1 aliphatic rings. The molecule has 5 heteroatoms. The van der Waals surface area contributed by atoms with Crippen molar-refractivity contribution in [3.05, 3.63) is 76.6 Å². The van der Waals surface area contributed by atoms with Gasteiger partial charge in [0.15, 0.2) is 6.61 Å². The summed E-state index contributed by atoms with van der Waals surface area (Å²) >= 11 is 1.69. The second-order valence-electron chi connectivity index (χ2n) is 7.47. The van der Waals surface area contributed by atoms with E-state index < -0.39 is 0 Å². The molecule has 0 aliphatic carbocycles.